The second-order valence-corrected chi connectivity index (χ2v) is 6.39. The molecule has 0 unspecified atom stereocenters. The van der Waals surface area contributed by atoms with Gasteiger partial charge in [0.05, 0.1) is 11.6 Å². The van der Waals surface area contributed by atoms with Crippen LogP contribution >= 0.6 is 0 Å². The van der Waals surface area contributed by atoms with E-state index < -0.39 is 0 Å². The summed E-state index contributed by atoms with van der Waals surface area (Å²) in [6.45, 7) is 2.03. The number of carbonyl (C=O) groups is 1. The number of fused-ring (bicyclic) bond motifs is 1. The normalized spacial score (nSPS) is 12.2. The molecule has 2 N–H and O–H groups in total. The van der Waals surface area contributed by atoms with Crippen LogP contribution in [0.2, 0.25) is 0 Å². The highest BCUT2D eigenvalue weighted by molar-refractivity contribution is 6.00. The number of aromatic amines is 2. The first-order valence-corrected chi connectivity index (χ1v) is 8.59. The van der Waals surface area contributed by atoms with Crippen LogP contribution in [0.15, 0.2) is 67.0 Å². The fourth-order valence-electron chi connectivity index (χ4n) is 3.18. The average Bonchev–Trinajstić information content (AvgIpc) is 3.35. The monoisotopic (exact) mass is 344 g/mol. The minimum Gasteiger partial charge on any atom is -0.357 e. The molecule has 0 aliphatic rings. The number of para-hydroxylation sites is 1. The molecule has 26 heavy (non-hydrogen) atoms. The number of nitrogens with one attached hydrogen (secondary N) is 2. The Morgan fingerprint density at radius 1 is 1.12 bits per heavy atom. The van der Waals surface area contributed by atoms with Crippen LogP contribution in [0, 0.1) is 0 Å². The van der Waals surface area contributed by atoms with Crippen molar-refractivity contribution in [3.05, 3.63) is 78.2 Å². The largest absolute Gasteiger partial charge is 0.357 e. The fraction of sp³-hybridized carbons (Fsp3) is 0.143. The number of nitrogens with zero attached hydrogens (tertiary/aromatic N) is 2. The number of amides is 1. The molecule has 2 heterocycles. The van der Waals surface area contributed by atoms with Gasteiger partial charge in [0, 0.05) is 36.2 Å². The molecule has 0 spiro atoms. The van der Waals surface area contributed by atoms with Crippen LogP contribution in [0.5, 0.6) is 0 Å². The molecule has 0 radical (unpaired) electrons. The highest BCUT2D eigenvalue weighted by Crippen LogP contribution is 2.27. The molecule has 130 valence electrons. The van der Waals surface area contributed by atoms with E-state index in [9.17, 15) is 4.79 Å². The number of hydrogen-bond acceptors (Lipinski definition) is 2. The summed E-state index contributed by atoms with van der Waals surface area (Å²) in [7, 11) is 1.83. The van der Waals surface area contributed by atoms with Crippen molar-refractivity contribution in [3.8, 4) is 11.4 Å². The lowest BCUT2D eigenvalue weighted by molar-refractivity contribution is 0.0741. The van der Waals surface area contributed by atoms with Crippen LogP contribution in [0.3, 0.4) is 0 Å². The summed E-state index contributed by atoms with van der Waals surface area (Å²) in [6, 6.07) is 17.7. The smallest absolute Gasteiger partial charge is 0.254 e. The molecule has 4 rings (SSSR count). The molecule has 0 fully saturated rings. The molecule has 0 aliphatic heterocycles. The number of rotatable bonds is 4. The van der Waals surface area contributed by atoms with Gasteiger partial charge in [-0.25, -0.2) is 4.98 Å². The molecule has 0 aliphatic carbocycles. The van der Waals surface area contributed by atoms with Crippen molar-refractivity contribution in [1.82, 2.24) is 19.9 Å². The van der Waals surface area contributed by atoms with Gasteiger partial charge < -0.3 is 14.9 Å². The minimum absolute atomic E-state index is 0.0387. The predicted molar refractivity (Wildman–Crippen MR) is 103 cm³/mol. The first-order chi connectivity index (χ1) is 12.6. The van der Waals surface area contributed by atoms with Crippen molar-refractivity contribution in [1.29, 1.82) is 0 Å². The standard InChI is InChI=1S/C21H20N4O/c1-14(19-13-15-7-3-6-10-18(15)24-19)25(2)21(26)17-9-5-4-8-16(17)20-22-11-12-23-20/h3-14,24H,1-2H3,(H,22,23)/t14-/m1/s1. The van der Waals surface area contributed by atoms with Gasteiger partial charge in [-0.1, -0.05) is 36.4 Å². The highest BCUT2D eigenvalue weighted by atomic mass is 16.2. The predicted octanol–water partition coefficient (Wildman–Crippen LogP) is 4.39. The number of hydrogen-bond donors (Lipinski definition) is 2. The minimum atomic E-state index is -0.0837. The molecular formula is C21H20N4O. The molecule has 4 aromatic rings. The van der Waals surface area contributed by atoms with Crippen molar-refractivity contribution < 1.29 is 4.79 Å². The maximum atomic E-state index is 13.2. The van der Waals surface area contributed by atoms with Crippen LogP contribution in [-0.2, 0) is 0 Å². The summed E-state index contributed by atoms with van der Waals surface area (Å²) >= 11 is 0. The third kappa shape index (κ3) is 2.77. The van der Waals surface area contributed by atoms with Crippen molar-refractivity contribution >= 4 is 16.8 Å². The second kappa shape index (κ2) is 6.52. The van der Waals surface area contributed by atoms with Gasteiger partial charge in [0.15, 0.2) is 0 Å². The molecular weight excluding hydrogens is 324 g/mol. The van der Waals surface area contributed by atoms with Crippen molar-refractivity contribution in [2.75, 3.05) is 7.05 Å². The third-order valence-electron chi connectivity index (χ3n) is 4.81. The SMILES string of the molecule is C[C@H](c1cc2ccccc2[nH]1)N(C)C(=O)c1ccccc1-c1ncc[nH]1. The lowest BCUT2D eigenvalue weighted by Gasteiger charge is -2.25. The van der Waals surface area contributed by atoms with Crippen LogP contribution in [0.4, 0.5) is 0 Å². The topological polar surface area (TPSA) is 64.8 Å². The van der Waals surface area contributed by atoms with E-state index in [1.165, 1.54) is 0 Å². The van der Waals surface area contributed by atoms with Gasteiger partial charge in [0.2, 0.25) is 0 Å². The van der Waals surface area contributed by atoms with Gasteiger partial charge >= 0.3 is 0 Å². The Kier molecular flexibility index (Phi) is 4.05. The van der Waals surface area contributed by atoms with E-state index in [2.05, 4.69) is 27.1 Å². The van der Waals surface area contributed by atoms with E-state index in [4.69, 9.17) is 0 Å². The zero-order valence-electron chi connectivity index (χ0n) is 14.7. The summed E-state index contributed by atoms with van der Waals surface area (Å²) in [5.41, 5.74) is 3.52. The molecule has 5 heteroatoms. The Morgan fingerprint density at radius 2 is 1.88 bits per heavy atom. The first kappa shape index (κ1) is 16.1. The molecule has 5 nitrogen and oxygen atoms in total. The number of carbonyl (C=O) groups excluding carboxylic acids is 1. The Balaban J connectivity index is 1.66. The number of aromatic nitrogens is 3. The highest BCUT2D eigenvalue weighted by Gasteiger charge is 2.23. The summed E-state index contributed by atoms with van der Waals surface area (Å²) in [5.74, 6) is 0.656. The van der Waals surface area contributed by atoms with E-state index in [0.717, 1.165) is 22.2 Å². The van der Waals surface area contributed by atoms with Crippen LogP contribution in [0.25, 0.3) is 22.3 Å². The molecule has 1 amide bonds. The fourth-order valence-corrected chi connectivity index (χ4v) is 3.18. The summed E-state index contributed by atoms with van der Waals surface area (Å²) in [4.78, 5) is 25.7. The van der Waals surface area contributed by atoms with Crippen LogP contribution in [0.1, 0.15) is 29.0 Å². The molecule has 2 aromatic heterocycles. The van der Waals surface area contributed by atoms with Crippen LogP contribution in [-0.4, -0.2) is 32.8 Å². The average molecular weight is 344 g/mol. The lowest BCUT2D eigenvalue weighted by Crippen LogP contribution is -2.30. The molecule has 2 aromatic carbocycles. The maximum Gasteiger partial charge on any atom is 0.254 e. The lowest BCUT2D eigenvalue weighted by atomic mass is 10.0. The zero-order chi connectivity index (χ0) is 18.1. The number of benzene rings is 2. The number of H-pyrrole nitrogens is 2. The molecule has 0 bridgehead atoms. The van der Waals surface area contributed by atoms with Crippen LogP contribution < -0.4 is 0 Å². The Bertz CT molecular complexity index is 1020. The van der Waals surface area contributed by atoms with E-state index in [1.54, 1.807) is 17.3 Å². The van der Waals surface area contributed by atoms with Gasteiger partial charge in [-0.05, 0) is 30.5 Å². The summed E-state index contributed by atoms with van der Waals surface area (Å²) < 4.78 is 0. The van der Waals surface area contributed by atoms with Gasteiger partial charge in [-0.15, -0.1) is 0 Å². The number of imidazole rings is 1. The van der Waals surface area contributed by atoms with E-state index in [1.807, 2.05) is 56.4 Å². The van der Waals surface area contributed by atoms with Crippen molar-refractivity contribution in [3.63, 3.8) is 0 Å². The summed E-state index contributed by atoms with van der Waals surface area (Å²) in [5, 5.41) is 1.14. The molecule has 0 saturated heterocycles. The quantitative estimate of drug-likeness (QED) is 0.576. The van der Waals surface area contributed by atoms with E-state index in [0.29, 0.717) is 11.4 Å². The maximum absolute atomic E-state index is 13.2. The van der Waals surface area contributed by atoms with Gasteiger partial charge in [0.1, 0.15) is 5.82 Å². The zero-order valence-corrected chi connectivity index (χ0v) is 14.7. The van der Waals surface area contributed by atoms with Gasteiger partial charge in [-0.3, -0.25) is 4.79 Å². The Hall–Kier alpha value is -3.34. The van der Waals surface area contributed by atoms with Gasteiger partial charge in [0.25, 0.3) is 5.91 Å². The van der Waals surface area contributed by atoms with Gasteiger partial charge in [-0.2, -0.15) is 0 Å². The van der Waals surface area contributed by atoms with Crippen molar-refractivity contribution in [2.24, 2.45) is 0 Å². The summed E-state index contributed by atoms with van der Waals surface area (Å²) in [6.07, 6.45) is 3.45. The first-order valence-electron chi connectivity index (χ1n) is 8.59. The second-order valence-electron chi connectivity index (χ2n) is 6.39. The molecule has 0 saturated carbocycles. The van der Waals surface area contributed by atoms with Crippen molar-refractivity contribution in [2.45, 2.75) is 13.0 Å². The third-order valence-corrected chi connectivity index (χ3v) is 4.81. The van der Waals surface area contributed by atoms with E-state index >= 15 is 0 Å². The molecule has 1 atom stereocenters. The van der Waals surface area contributed by atoms with E-state index in [-0.39, 0.29) is 11.9 Å². The Morgan fingerprint density at radius 3 is 2.65 bits per heavy atom. The Labute approximate surface area is 151 Å².